The van der Waals surface area contributed by atoms with Gasteiger partial charge in [-0.05, 0) is 43.7 Å². The van der Waals surface area contributed by atoms with Gasteiger partial charge >= 0.3 is 0 Å². The largest absolute Gasteiger partial charge is 0.307 e. The van der Waals surface area contributed by atoms with Crippen LogP contribution in [0.3, 0.4) is 0 Å². The van der Waals surface area contributed by atoms with Crippen LogP contribution in [0.25, 0.3) is 10.1 Å². The normalized spacial score (nSPS) is 19.3. The van der Waals surface area contributed by atoms with Gasteiger partial charge in [-0.2, -0.15) is 0 Å². The maximum absolute atomic E-state index is 3.92. The van der Waals surface area contributed by atoms with Gasteiger partial charge in [0, 0.05) is 21.7 Å². The van der Waals surface area contributed by atoms with Crippen LogP contribution in [-0.2, 0) is 0 Å². The van der Waals surface area contributed by atoms with Gasteiger partial charge < -0.3 is 5.32 Å². The van der Waals surface area contributed by atoms with Crippen molar-refractivity contribution in [2.75, 3.05) is 0 Å². The van der Waals surface area contributed by atoms with E-state index in [0.717, 1.165) is 0 Å². The molecule has 0 aliphatic heterocycles. The average Bonchev–Trinajstić information content (AvgIpc) is 2.79. The van der Waals surface area contributed by atoms with Gasteiger partial charge in [-0.25, -0.2) is 0 Å². The van der Waals surface area contributed by atoms with Crippen LogP contribution in [0.5, 0.6) is 0 Å². The van der Waals surface area contributed by atoms with Gasteiger partial charge in [-0.3, -0.25) is 0 Å². The quantitative estimate of drug-likeness (QED) is 0.736. The number of benzene rings is 1. The summed E-state index contributed by atoms with van der Waals surface area (Å²) in [5, 5.41) is 5.35. The maximum atomic E-state index is 3.92. The number of thiophene rings is 1. The Morgan fingerprint density at radius 1 is 1.05 bits per heavy atom. The van der Waals surface area contributed by atoms with Crippen molar-refractivity contribution in [3.05, 3.63) is 34.7 Å². The molecule has 0 spiro atoms. The van der Waals surface area contributed by atoms with E-state index in [4.69, 9.17) is 0 Å². The molecule has 1 fully saturated rings. The Balaban J connectivity index is 1.73. The molecule has 1 heterocycles. The maximum Gasteiger partial charge on any atom is 0.0391 e. The molecule has 1 N–H and O–H groups in total. The van der Waals surface area contributed by atoms with Crippen molar-refractivity contribution in [2.45, 2.75) is 70.9 Å². The van der Waals surface area contributed by atoms with Crippen LogP contribution >= 0.6 is 11.3 Å². The lowest BCUT2D eigenvalue weighted by Crippen LogP contribution is -2.32. The van der Waals surface area contributed by atoms with Gasteiger partial charge in [0.15, 0.2) is 0 Å². The average molecular weight is 301 g/mol. The monoisotopic (exact) mass is 301 g/mol. The van der Waals surface area contributed by atoms with Crippen molar-refractivity contribution in [2.24, 2.45) is 0 Å². The first-order valence-corrected chi connectivity index (χ1v) is 9.31. The van der Waals surface area contributed by atoms with Crippen molar-refractivity contribution in [1.29, 1.82) is 0 Å². The van der Waals surface area contributed by atoms with Crippen molar-refractivity contribution in [3.63, 3.8) is 0 Å². The van der Waals surface area contributed by atoms with E-state index >= 15 is 0 Å². The number of hydrogen-bond acceptors (Lipinski definition) is 2. The van der Waals surface area contributed by atoms with Gasteiger partial charge in [0.1, 0.15) is 0 Å². The minimum Gasteiger partial charge on any atom is -0.307 e. The fourth-order valence-electron chi connectivity index (χ4n) is 3.66. The second kappa shape index (κ2) is 6.93. The molecule has 1 aromatic heterocycles. The van der Waals surface area contributed by atoms with Crippen LogP contribution < -0.4 is 5.32 Å². The lowest BCUT2D eigenvalue weighted by molar-refractivity contribution is 0.364. The fraction of sp³-hybridized carbons (Fsp3) is 0.579. The third-order valence-corrected chi connectivity index (χ3v) is 6.32. The molecule has 114 valence electrons. The topological polar surface area (TPSA) is 12.0 Å². The minimum absolute atomic E-state index is 0.479. The predicted molar refractivity (Wildman–Crippen MR) is 94.2 cm³/mol. The smallest absolute Gasteiger partial charge is 0.0391 e. The van der Waals surface area contributed by atoms with Crippen LogP contribution in [0.1, 0.15) is 68.4 Å². The zero-order chi connectivity index (χ0) is 14.7. The number of rotatable bonds is 3. The molecule has 1 nitrogen and oxygen atoms in total. The third kappa shape index (κ3) is 3.49. The fourth-order valence-corrected chi connectivity index (χ4v) is 4.88. The Morgan fingerprint density at radius 3 is 2.43 bits per heavy atom. The SMILES string of the molecule is Cc1c(C(C)NC2CCCCCCC2)sc2ccccc12. The summed E-state index contributed by atoms with van der Waals surface area (Å²) in [5.41, 5.74) is 1.47. The highest BCUT2D eigenvalue weighted by Crippen LogP contribution is 2.35. The highest BCUT2D eigenvalue weighted by molar-refractivity contribution is 7.19. The molecule has 0 saturated heterocycles. The first kappa shape index (κ1) is 15.1. The first-order chi connectivity index (χ1) is 10.3. The number of aryl methyl sites for hydroxylation is 1. The van der Waals surface area contributed by atoms with Crippen molar-refractivity contribution < 1.29 is 0 Å². The zero-order valence-electron chi connectivity index (χ0n) is 13.3. The van der Waals surface area contributed by atoms with E-state index in [0.29, 0.717) is 12.1 Å². The van der Waals surface area contributed by atoms with E-state index < -0.39 is 0 Å². The number of nitrogens with one attached hydrogen (secondary N) is 1. The minimum atomic E-state index is 0.479. The molecule has 1 aliphatic carbocycles. The van der Waals surface area contributed by atoms with Crippen LogP contribution in [0, 0.1) is 6.92 Å². The first-order valence-electron chi connectivity index (χ1n) is 8.50. The second-order valence-electron chi connectivity index (χ2n) is 6.52. The summed E-state index contributed by atoms with van der Waals surface area (Å²) < 4.78 is 1.43. The van der Waals surface area contributed by atoms with E-state index in [1.807, 2.05) is 11.3 Å². The molecule has 21 heavy (non-hydrogen) atoms. The summed E-state index contributed by atoms with van der Waals surface area (Å²) >= 11 is 1.97. The lowest BCUT2D eigenvalue weighted by Gasteiger charge is -2.25. The van der Waals surface area contributed by atoms with E-state index in [2.05, 4.69) is 43.4 Å². The molecule has 1 aromatic carbocycles. The lowest BCUT2D eigenvalue weighted by atomic mass is 9.96. The van der Waals surface area contributed by atoms with Crippen molar-refractivity contribution >= 4 is 21.4 Å². The van der Waals surface area contributed by atoms with Crippen LogP contribution in [0.2, 0.25) is 0 Å². The van der Waals surface area contributed by atoms with Gasteiger partial charge in [0.2, 0.25) is 0 Å². The van der Waals surface area contributed by atoms with Crippen LogP contribution in [0.4, 0.5) is 0 Å². The van der Waals surface area contributed by atoms with Crippen LogP contribution in [-0.4, -0.2) is 6.04 Å². The molecule has 0 amide bonds. The molecular formula is C19H27NS. The summed E-state index contributed by atoms with van der Waals surface area (Å²) in [6.45, 7) is 4.63. The van der Waals surface area contributed by atoms with Gasteiger partial charge in [-0.1, -0.05) is 50.3 Å². The Kier molecular flexibility index (Phi) is 4.97. The molecule has 3 rings (SSSR count). The van der Waals surface area contributed by atoms with Gasteiger partial charge in [0.05, 0.1) is 0 Å². The molecule has 1 atom stereocenters. The molecule has 1 unspecified atom stereocenters. The van der Waals surface area contributed by atoms with E-state index in [-0.39, 0.29) is 0 Å². The third-order valence-electron chi connectivity index (χ3n) is 4.86. The molecule has 2 heteroatoms. The molecule has 2 aromatic rings. The standard InChI is InChI=1S/C19H27NS/c1-14-17-12-8-9-13-18(17)21-19(14)15(2)20-16-10-6-4-3-5-7-11-16/h8-9,12-13,15-16,20H,3-7,10-11H2,1-2H3. The Morgan fingerprint density at radius 2 is 1.71 bits per heavy atom. The van der Waals surface area contributed by atoms with Crippen molar-refractivity contribution in [3.8, 4) is 0 Å². The summed E-state index contributed by atoms with van der Waals surface area (Å²) in [6.07, 6.45) is 9.80. The van der Waals surface area contributed by atoms with Gasteiger partial charge in [-0.15, -0.1) is 11.3 Å². The molecule has 0 radical (unpaired) electrons. The molecule has 1 saturated carbocycles. The zero-order valence-corrected chi connectivity index (χ0v) is 14.1. The summed E-state index contributed by atoms with van der Waals surface area (Å²) in [4.78, 5) is 1.53. The second-order valence-corrected chi connectivity index (χ2v) is 7.60. The molecule has 1 aliphatic rings. The van der Waals surface area contributed by atoms with E-state index in [1.165, 1.54) is 65.5 Å². The predicted octanol–water partition coefficient (Wildman–Crippen LogP) is 5.97. The van der Waals surface area contributed by atoms with Gasteiger partial charge in [0.25, 0.3) is 0 Å². The molecule has 0 bridgehead atoms. The summed E-state index contributed by atoms with van der Waals surface area (Å²) in [6, 6.07) is 10.00. The highest BCUT2D eigenvalue weighted by atomic mass is 32.1. The molecular weight excluding hydrogens is 274 g/mol. The summed E-state index contributed by atoms with van der Waals surface area (Å²) in [5.74, 6) is 0. The van der Waals surface area contributed by atoms with E-state index in [9.17, 15) is 0 Å². The summed E-state index contributed by atoms with van der Waals surface area (Å²) in [7, 11) is 0. The Labute approximate surface area is 132 Å². The van der Waals surface area contributed by atoms with Crippen LogP contribution in [0.15, 0.2) is 24.3 Å². The van der Waals surface area contributed by atoms with E-state index in [1.54, 1.807) is 0 Å². The Bertz CT molecular complexity index is 578. The Hall–Kier alpha value is -0.860. The number of fused-ring (bicyclic) bond motifs is 1. The number of hydrogen-bond donors (Lipinski definition) is 1. The highest BCUT2D eigenvalue weighted by Gasteiger charge is 2.18. The van der Waals surface area contributed by atoms with Crippen molar-refractivity contribution in [1.82, 2.24) is 5.32 Å².